The van der Waals surface area contributed by atoms with Gasteiger partial charge >= 0.3 is 5.97 Å². The lowest BCUT2D eigenvalue weighted by atomic mass is 10.0. The number of ether oxygens (including phenoxy) is 3. The molecule has 0 aromatic heterocycles. The van der Waals surface area contributed by atoms with Crippen molar-refractivity contribution in [2.75, 3.05) is 23.8 Å². The first-order valence-electron chi connectivity index (χ1n) is 11.9. The van der Waals surface area contributed by atoms with E-state index in [-0.39, 0.29) is 29.9 Å². The van der Waals surface area contributed by atoms with Gasteiger partial charge < -0.3 is 30.0 Å². The summed E-state index contributed by atoms with van der Waals surface area (Å²) in [6, 6.07) is 16.1. The van der Waals surface area contributed by atoms with Gasteiger partial charge in [0.25, 0.3) is 5.91 Å². The fraction of sp³-hybridized carbons (Fsp3) is 0.286. The van der Waals surface area contributed by atoms with Crippen LogP contribution in [0.3, 0.4) is 0 Å². The number of rotatable bonds is 8. The number of hydrogen-bond donors (Lipinski definition) is 3. The number of esters is 1. The molecule has 1 heterocycles. The van der Waals surface area contributed by atoms with Crippen molar-refractivity contribution in [2.45, 2.75) is 39.7 Å². The van der Waals surface area contributed by atoms with Crippen LogP contribution >= 0.6 is 0 Å². The van der Waals surface area contributed by atoms with Gasteiger partial charge in [-0.2, -0.15) is 0 Å². The number of hydrogen-bond acceptors (Lipinski definition) is 7. The highest BCUT2D eigenvalue weighted by molar-refractivity contribution is 5.96. The quantitative estimate of drug-likeness (QED) is 0.298. The van der Waals surface area contributed by atoms with Crippen LogP contribution in [0.4, 0.5) is 11.4 Å². The molecule has 1 unspecified atom stereocenters. The normalized spacial score (nSPS) is 14.2. The zero-order valence-electron chi connectivity index (χ0n) is 20.6. The number of aryl methyl sites for hydroxylation is 3. The number of anilines is 2. The van der Waals surface area contributed by atoms with Crippen LogP contribution in [0.5, 0.6) is 23.0 Å². The van der Waals surface area contributed by atoms with Crippen LogP contribution in [0.1, 0.15) is 30.0 Å². The number of phenols is 1. The lowest BCUT2D eigenvalue weighted by Crippen LogP contribution is -2.35. The molecule has 1 aliphatic rings. The van der Waals surface area contributed by atoms with Gasteiger partial charge in [-0.15, -0.1) is 0 Å². The van der Waals surface area contributed by atoms with Crippen molar-refractivity contribution in [1.82, 2.24) is 0 Å². The second-order valence-corrected chi connectivity index (χ2v) is 8.62. The molecule has 0 saturated carbocycles. The van der Waals surface area contributed by atoms with Crippen LogP contribution in [-0.4, -0.2) is 36.2 Å². The van der Waals surface area contributed by atoms with Gasteiger partial charge in [-0.3, -0.25) is 9.59 Å². The number of carbonyl (C=O) groups excluding carboxylic acids is 2. The van der Waals surface area contributed by atoms with Gasteiger partial charge in [0.1, 0.15) is 29.5 Å². The summed E-state index contributed by atoms with van der Waals surface area (Å²) in [5.74, 6) is 1.08. The first kappa shape index (κ1) is 24.9. The zero-order valence-corrected chi connectivity index (χ0v) is 20.6. The first-order valence-corrected chi connectivity index (χ1v) is 11.9. The monoisotopic (exact) mass is 490 g/mol. The van der Waals surface area contributed by atoms with E-state index in [0.717, 1.165) is 28.8 Å². The third-order valence-electron chi connectivity index (χ3n) is 5.86. The molecule has 3 aromatic rings. The van der Waals surface area contributed by atoms with E-state index in [4.69, 9.17) is 14.2 Å². The lowest BCUT2D eigenvalue weighted by molar-refractivity contribution is -0.140. The van der Waals surface area contributed by atoms with Crippen molar-refractivity contribution in [1.29, 1.82) is 0 Å². The predicted molar refractivity (Wildman–Crippen MR) is 137 cm³/mol. The van der Waals surface area contributed by atoms with E-state index in [1.165, 1.54) is 6.07 Å². The van der Waals surface area contributed by atoms with Crippen molar-refractivity contribution in [3.05, 3.63) is 71.3 Å². The maximum atomic E-state index is 12.9. The molecule has 3 aromatic carbocycles. The summed E-state index contributed by atoms with van der Waals surface area (Å²) >= 11 is 0. The summed E-state index contributed by atoms with van der Waals surface area (Å²) < 4.78 is 16.9. The highest BCUT2D eigenvalue weighted by Crippen LogP contribution is 2.35. The number of carbonyl (C=O) groups is 2. The smallest absolute Gasteiger partial charge is 0.325 e. The van der Waals surface area contributed by atoms with E-state index in [9.17, 15) is 14.7 Å². The third kappa shape index (κ3) is 5.89. The van der Waals surface area contributed by atoms with Gasteiger partial charge in [-0.25, -0.2) is 0 Å². The molecule has 8 heteroatoms. The Bertz CT molecular complexity index is 1250. The van der Waals surface area contributed by atoms with Crippen LogP contribution in [0.2, 0.25) is 0 Å². The summed E-state index contributed by atoms with van der Waals surface area (Å²) in [4.78, 5) is 24.5. The third-order valence-corrected chi connectivity index (χ3v) is 5.86. The number of fused-ring (bicyclic) bond motifs is 1. The number of aromatic hydroxyl groups is 1. The Labute approximate surface area is 210 Å². The van der Waals surface area contributed by atoms with Crippen LogP contribution < -0.4 is 20.1 Å². The van der Waals surface area contributed by atoms with Crippen molar-refractivity contribution < 1.29 is 28.9 Å². The molecule has 1 amide bonds. The summed E-state index contributed by atoms with van der Waals surface area (Å²) in [5, 5.41) is 16.2. The van der Waals surface area contributed by atoms with Gasteiger partial charge in [0.05, 0.1) is 12.3 Å². The molecule has 8 nitrogen and oxygen atoms in total. The number of phenolic OH excluding ortho intramolecular Hbond substituents is 1. The Morgan fingerprint density at radius 3 is 2.58 bits per heavy atom. The molecule has 0 spiro atoms. The van der Waals surface area contributed by atoms with Gasteiger partial charge in [0.2, 0.25) is 0 Å². The molecule has 188 valence electrons. The van der Waals surface area contributed by atoms with Crippen molar-refractivity contribution in [3.8, 4) is 23.0 Å². The summed E-state index contributed by atoms with van der Waals surface area (Å²) in [6.45, 7) is 5.98. The average molecular weight is 491 g/mol. The second kappa shape index (κ2) is 11.0. The summed E-state index contributed by atoms with van der Waals surface area (Å²) in [7, 11) is 0. The topological polar surface area (TPSA) is 106 Å². The molecule has 1 aliphatic heterocycles. The molecule has 0 saturated heterocycles. The minimum absolute atomic E-state index is 0.0705. The molecular weight excluding hydrogens is 460 g/mol. The predicted octanol–water partition coefficient (Wildman–Crippen LogP) is 5.11. The maximum absolute atomic E-state index is 12.9. The average Bonchev–Trinajstić information content (AvgIpc) is 2.86. The second-order valence-electron chi connectivity index (χ2n) is 8.62. The summed E-state index contributed by atoms with van der Waals surface area (Å²) in [6.07, 6.45) is 0.643. The highest BCUT2D eigenvalue weighted by atomic mass is 16.5. The largest absolute Gasteiger partial charge is 0.506 e. The maximum Gasteiger partial charge on any atom is 0.325 e. The number of para-hydroxylation sites is 1. The van der Waals surface area contributed by atoms with Gasteiger partial charge in [0, 0.05) is 11.8 Å². The van der Waals surface area contributed by atoms with Crippen molar-refractivity contribution in [3.63, 3.8) is 0 Å². The van der Waals surface area contributed by atoms with E-state index < -0.39 is 6.10 Å². The molecule has 0 fully saturated rings. The van der Waals surface area contributed by atoms with Gasteiger partial charge in [-0.1, -0.05) is 18.2 Å². The molecule has 4 rings (SSSR count). The molecule has 0 aliphatic carbocycles. The SMILES string of the molecule is CCOC(=O)CNc1cc(C)c(Oc2ccc(O)c(NC(=O)C3CCc4ccccc4O3)c2)c(C)c1. The molecule has 36 heavy (non-hydrogen) atoms. The minimum atomic E-state index is -0.650. The first-order chi connectivity index (χ1) is 17.3. The van der Waals surface area contributed by atoms with E-state index in [0.29, 0.717) is 30.3 Å². The van der Waals surface area contributed by atoms with Gasteiger partial charge in [0.15, 0.2) is 6.10 Å². The molecule has 0 bridgehead atoms. The Morgan fingerprint density at radius 1 is 1.08 bits per heavy atom. The highest BCUT2D eigenvalue weighted by Gasteiger charge is 2.26. The Balaban J connectivity index is 1.44. The van der Waals surface area contributed by atoms with Crippen LogP contribution in [0, 0.1) is 13.8 Å². The fourth-order valence-corrected chi connectivity index (χ4v) is 4.12. The molecule has 1 atom stereocenters. The van der Waals surface area contributed by atoms with E-state index in [2.05, 4.69) is 10.6 Å². The van der Waals surface area contributed by atoms with Crippen molar-refractivity contribution in [2.24, 2.45) is 0 Å². The zero-order chi connectivity index (χ0) is 25.7. The molecule has 0 radical (unpaired) electrons. The minimum Gasteiger partial charge on any atom is -0.506 e. The Kier molecular flexibility index (Phi) is 7.63. The molecular formula is C28H30N2O6. The molecule has 3 N–H and O–H groups in total. The number of amides is 1. The number of benzene rings is 3. The van der Waals surface area contributed by atoms with Gasteiger partial charge in [-0.05, 0) is 80.6 Å². The lowest BCUT2D eigenvalue weighted by Gasteiger charge is -2.25. The van der Waals surface area contributed by atoms with E-state index >= 15 is 0 Å². The van der Waals surface area contributed by atoms with E-state index in [1.54, 1.807) is 19.1 Å². The fourth-order valence-electron chi connectivity index (χ4n) is 4.12. The van der Waals surface area contributed by atoms with Crippen LogP contribution in [0.25, 0.3) is 0 Å². The van der Waals surface area contributed by atoms with Crippen molar-refractivity contribution >= 4 is 23.3 Å². The number of nitrogens with one attached hydrogen (secondary N) is 2. The Morgan fingerprint density at radius 2 is 1.83 bits per heavy atom. The van der Waals surface area contributed by atoms with Crippen LogP contribution in [-0.2, 0) is 20.7 Å². The standard InChI is InChI=1S/C28H30N2O6/c1-4-34-26(32)16-29-20-13-17(2)27(18(3)14-20)35-21-10-11-23(31)22(15-21)30-28(33)25-12-9-19-7-5-6-8-24(19)36-25/h5-8,10-11,13-15,25,29,31H,4,9,12,16H2,1-3H3,(H,30,33). The Hall–Kier alpha value is -4.20. The van der Waals surface area contributed by atoms with Crippen LogP contribution in [0.15, 0.2) is 54.6 Å². The van der Waals surface area contributed by atoms with E-state index in [1.807, 2.05) is 50.2 Å². The summed E-state index contributed by atoms with van der Waals surface area (Å²) in [5.41, 5.74) is 3.80.